The third-order valence-corrected chi connectivity index (χ3v) is 6.50. The van der Waals surface area contributed by atoms with Gasteiger partial charge in [0.25, 0.3) is 5.91 Å². The van der Waals surface area contributed by atoms with E-state index >= 15 is 0 Å². The minimum absolute atomic E-state index is 0.150. The first kappa shape index (κ1) is 22.7. The second-order valence-corrected chi connectivity index (χ2v) is 9.00. The van der Waals surface area contributed by atoms with Gasteiger partial charge in [0, 0.05) is 15.6 Å². The highest BCUT2D eigenvalue weighted by Crippen LogP contribution is 2.27. The fraction of sp³-hybridized carbons (Fsp3) is 0.0870. The molecule has 1 aromatic heterocycles. The molecule has 0 radical (unpaired) electrons. The predicted octanol–water partition coefficient (Wildman–Crippen LogP) is 6.29. The van der Waals surface area contributed by atoms with E-state index in [0.717, 1.165) is 21.8 Å². The minimum Gasteiger partial charge on any atom is -0.314 e. The number of para-hydroxylation sites is 2. The van der Waals surface area contributed by atoms with Gasteiger partial charge in [0.1, 0.15) is 0 Å². The SMILES string of the molecule is O=C(CSc1nc2ccccc2n1Cc1ccccc1Cl)N/N=C\c1ccc(Cl)cc1Cl. The van der Waals surface area contributed by atoms with Crippen LogP contribution in [0.15, 0.2) is 77.0 Å². The smallest absolute Gasteiger partial charge is 0.250 e. The number of hydrogen-bond donors (Lipinski definition) is 1. The van der Waals surface area contributed by atoms with Crippen molar-refractivity contribution in [3.63, 3.8) is 0 Å². The van der Waals surface area contributed by atoms with Crippen molar-refractivity contribution in [3.05, 3.63) is 92.9 Å². The Morgan fingerprint density at radius 1 is 1.03 bits per heavy atom. The third-order valence-electron chi connectivity index (χ3n) is 4.59. The standard InChI is InChI=1S/C23H17Cl3N4OS/c24-17-10-9-15(19(26)11-17)12-27-29-22(31)14-32-23-28-20-7-3-4-8-21(20)30(23)13-16-5-1-2-6-18(16)25/h1-12H,13-14H2,(H,29,31)/b27-12-. The van der Waals surface area contributed by atoms with Crippen LogP contribution in [0.1, 0.15) is 11.1 Å². The monoisotopic (exact) mass is 502 g/mol. The Labute approximate surface area is 204 Å². The lowest BCUT2D eigenvalue weighted by molar-refractivity contribution is -0.118. The Bertz CT molecular complexity index is 1310. The molecule has 1 N–H and O–H groups in total. The Kier molecular flexibility index (Phi) is 7.37. The van der Waals surface area contributed by atoms with E-state index in [4.69, 9.17) is 39.8 Å². The van der Waals surface area contributed by atoms with Crippen LogP contribution in [0.2, 0.25) is 15.1 Å². The van der Waals surface area contributed by atoms with Gasteiger partial charge in [-0.2, -0.15) is 5.10 Å². The summed E-state index contributed by atoms with van der Waals surface area (Å²) in [6.07, 6.45) is 1.48. The molecule has 1 amide bonds. The van der Waals surface area contributed by atoms with E-state index in [1.165, 1.54) is 18.0 Å². The summed E-state index contributed by atoms with van der Waals surface area (Å²) in [4.78, 5) is 17.0. The number of carbonyl (C=O) groups excluding carboxylic acids is 1. The zero-order valence-corrected chi connectivity index (χ0v) is 19.7. The highest BCUT2D eigenvalue weighted by atomic mass is 35.5. The predicted molar refractivity (Wildman–Crippen MR) is 133 cm³/mol. The molecule has 4 rings (SSSR count). The van der Waals surface area contributed by atoms with E-state index in [0.29, 0.717) is 27.2 Å². The molecule has 0 fully saturated rings. The zero-order valence-electron chi connectivity index (χ0n) is 16.6. The normalized spacial score (nSPS) is 11.3. The molecule has 162 valence electrons. The topological polar surface area (TPSA) is 59.3 Å². The molecular formula is C23H17Cl3N4OS. The number of thioether (sulfide) groups is 1. The first-order valence-electron chi connectivity index (χ1n) is 9.59. The van der Waals surface area contributed by atoms with Crippen LogP contribution in [-0.2, 0) is 11.3 Å². The number of imidazole rings is 1. The second-order valence-electron chi connectivity index (χ2n) is 6.81. The molecule has 0 aliphatic carbocycles. The molecule has 0 atom stereocenters. The van der Waals surface area contributed by atoms with Gasteiger partial charge >= 0.3 is 0 Å². The summed E-state index contributed by atoms with van der Waals surface area (Å²) in [6.45, 7) is 0.553. The van der Waals surface area contributed by atoms with Crippen molar-refractivity contribution < 1.29 is 4.79 Å². The summed E-state index contributed by atoms with van der Waals surface area (Å²) in [5.41, 5.74) is 5.99. The Morgan fingerprint density at radius 2 is 1.81 bits per heavy atom. The number of hydrazone groups is 1. The van der Waals surface area contributed by atoms with Crippen molar-refractivity contribution in [2.45, 2.75) is 11.7 Å². The molecule has 3 aromatic carbocycles. The van der Waals surface area contributed by atoms with E-state index in [9.17, 15) is 4.79 Å². The molecule has 0 saturated heterocycles. The van der Waals surface area contributed by atoms with E-state index in [2.05, 4.69) is 15.1 Å². The van der Waals surface area contributed by atoms with Crippen molar-refractivity contribution in [2.75, 3.05) is 5.75 Å². The lowest BCUT2D eigenvalue weighted by Gasteiger charge is -2.10. The van der Waals surface area contributed by atoms with Crippen LogP contribution >= 0.6 is 46.6 Å². The van der Waals surface area contributed by atoms with Gasteiger partial charge in [-0.1, -0.05) is 83.0 Å². The average molecular weight is 504 g/mol. The lowest BCUT2D eigenvalue weighted by atomic mass is 10.2. The van der Waals surface area contributed by atoms with Crippen LogP contribution in [0.25, 0.3) is 11.0 Å². The maximum atomic E-state index is 12.3. The quantitative estimate of drug-likeness (QED) is 0.183. The number of halogens is 3. The van der Waals surface area contributed by atoms with Gasteiger partial charge in [0.2, 0.25) is 0 Å². The number of hydrogen-bond acceptors (Lipinski definition) is 4. The molecule has 32 heavy (non-hydrogen) atoms. The van der Waals surface area contributed by atoms with Crippen LogP contribution in [0, 0.1) is 0 Å². The van der Waals surface area contributed by atoms with Crippen molar-refractivity contribution in [1.29, 1.82) is 0 Å². The molecule has 0 bridgehead atoms. The Balaban J connectivity index is 1.46. The molecule has 0 unspecified atom stereocenters. The molecule has 0 aliphatic heterocycles. The highest BCUT2D eigenvalue weighted by Gasteiger charge is 2.14. The number of aromatic nitrogens is 2. The number of nitrogens with one attached hydrogen (secondary N) is 1. The zero-order chi connectivity index (χ0) is 22.5. The molecule has 4 aromatic rings. The van der Waals surface area contributed by atoms with Crippen molar-refractivity contribution >= 4 is 69.7 Å². The first-order valence-corrected chi connectivity index (χ1v) is 11.7. The van der Waals surface area contributed by atoms with Gasteiger partial charge in [-0.3, -0.25) is 4.79 Å². The maximum Gasteiger partial charge on any atom is 0.250 e. The first-order chi connectivity index (χ1) is 15.5. The van der Waals surface area contributed by atoms with E-state index in [1.54, 1.807) is 18.2 Å². The van der Waals surface area contributed by atoms with Crippen molar-refractivity contribution in [2.24, 2.45) is 5.10 Å². The molecule has 0 aliphatic rings. The number of benzene rings is 3. The summed E-state index contributed by atoms with van der Waals surface area (Å²) < 4.78 is 2.06. The van der Waals surface area contributed by atoms with Gasteiger partial charge in [-0.25, -0.2) is 10.4 Å². The fourth-order valence-corrected chi connectivity index (χ4v) is 4.51. The summed E-state index contributed by atoms with van der Waals surface area (Å²) in [5.74, 6) is -0.106. The van der Waals surface area contributed by atoms with Gasteiger partial charge in [-0.15, -0.1) is 0 Å². The lowest BCUT2D eigenvalue weighted by Crippen LogP contribution is -2.20. The largest absolute Gasteiger partial charge is 0.314 e. The van der Waals surface area contributed by atoms with Gasteiger partial charge < -0.3 is 4.57 Å². The maximum absolute atomic E-state index is 12.3. The van der Waals surface area contributed by atoms with Crippen LogP contribution < -0.4 is 5.43 Å². The van der Waals surface area contributed by atoms with Crippen LogP contribution in [0.5, 0.6) is 0 Å². The van der Waals surface area contributed by atoms with Crippen LogP contribution in [0.3, 0.4) is 0 Å². The van der Waals surface area contributed by atoms with Crippen LogP contribution in [0.4, 0.5) is 0 Å². The number of fused-ring (bicyclic) bond motifs is 1. The molecule has 0 saturated carbocycles. The van der Waals surface area contributed by atoms with E-state index in [-0.39, 0.29) is 11.7 Å². The number of carbonyl (C=O) groups is 1. The summed E-state index contributed by atoms with van der Waals surface area (Å²) in [5, 5.41) is 6.39. The van der Waals surface area contributed by atoms with Crippen molar-refractivity contribution in [3.8, 4) is 0 Å². The minimum atomic E-state index is -0.257. The fourth-order valence-electron chi connectivity index (χ4n) is 3.06. The van der Waals surface area contributed by atoms with Crippen molar-refractivity contribution in [1.82, 2.24) is 15.0 Å². The molecule has 5 nitrogen and oxygen atoms in total. The third kappa shape index (κ3) is 5.45. The summed E-state index contributed by atoms with van der Waals surface area (Å²) in [7, 11) is 0. The van der Waals surface area contributed by atoms with E-state index in [1.807, 2.05) is 48.5 Å². The summed E-state index contributed by atoms with van der Waals surface area (Å²) >= 11 is 19.7. The van der Waals surface area contributed by atoms with Gasteiger partial charge in [0.05, 0.1) is 34.6 Å². The molecule has 9 heteroatoms. The molecular weight excluding hydrogens is 487 g/mol. The number of amides is 1. The van der Waals surface area contributed by atoms with Gasteiger partial charge in [0.15, 0.2) is 5.16 Å². The Hall–Kier alpha value is -2.51. The van der Waals surface area contributed by atoms with E-state index < -0.39 is 0 Å². The number of nitrogens with zero attached hydrogens (tertiary/aromatic N) is 3. The molecule has 0 spiro atoms. The summed E-state index contributed by atoms with van der Waals surface area (Å²) in [6, 6.07) is 20.6. The Morgan fingerprint density at radius 3 is 2.62 bits per heavy atom. The highest BCUT2D eigenvalue weighted by molar-refractivity contribution is 7.99. The van der Waals surface area contributed by atoms with Crippen LogP contribution in [-0.4, -0.2) is 27.4 Å². The second kappa shape index (κ2) is 10.4. The average Bonchev–Trinajstić information content (AvgIpc) is 3.13. The van der Waals surface area contributed by atoms with Gasteiger partial charge in [-0.05, 0) is 35.9 Å². The number of rotatable bonds is 7. The molecule has 1 heterocycles.